The van der Waals surface area contributed by atoms with Gasteiger partial charge < -0.3 is 10.2 Å². The van der Waals surface area contributed by atoms with Gasteiger partial charge in [-0.1, -0.05) is 13.8 Å². The molecule has 0 saturated heterocycles. The Morgan fingerprint density at radius 1 is 1.18 bits per heavy atom. The van der Waals surface area contributed by atoms with Crippen molar-refractivity contribution in [3.05, 3.63) is 29.8 Å². The van der Waals surface area contributed by atoms with Gasteiger partial charge >= 0.3 is 0 Å². The number of carbonyl (C=O) groups is 2. The molecule has 2 amide bonds. The Kier molecular flexibility index (Phi) is 8.03. The average Bonchev–Trinajstić information content (AvgIpc) is 3.08. The van der Waals surface area contributed by atoms with Crippen LogP contribution in [-0.4, -0.2) is 50.0 Å². The molecule has 1 N–H and O–H groups in total. The predicted molar refractivity (Wildman–Crippen MR) is 103 cm³/mol. The van der Waals surface area contributed by atoms with Crippen LogP contribution in [0.3, 0.4) is 0 Å². The predicted octanol–water partition coefficient (Wildman–Crippen LogP) is 2.87. The summed E-state index contributed by atoms with van der Waals surface area (Å²) in [5.41, 5.74) is 0.603. The van der Waals surface area contributed by atoms with E-state index in [0.29, 0.717) is 24.4 Å². The van der Waals surface area contributed by atoms with Crippen LogP contribution in [0.25, 0.3) is 5.69 Å². The Bertz CT molecular complexity index is 801. The first-order valence-electron chi connectivity index (χ1n) is 9.58. The monoisotopic (exact) mass is 390 g/mol. The van der Waals surface area contributed by atoms with Gasteiger partial charge in [0, 0.05) is 31.6 Å². The lowest BCUT2D eigenvalue weighted by Gasteiger charge is -2.21. The topological polar surface area (TPSA) is 93.0 Å². The van der Waals surface area contributed by atoms with Gasteiger partial charge in [-0.2, -0.15) is 4.68 Å². The molecule has 2 rings (SSSR count). The van der Waals surface area contributed by atoms with Crippen LogP contribution < -0.4 is 5.32 Å². The molecule has 0 bridgehead atoms. The number of tetrazole rings is 1. The summed E-state index contributed by atoms with van der Waals surface area (Å²) in [5, 5.41) is 13.7. The third-order valence-corrected chi connectivity index (χ3v) is 4.22. The van der Waals surface area contributed by atoms with Gasteiger partial charge in [-0.25, -0.2) is 4.39 Å². The van der Waals surface area contributed by atoms with Crippen LogP contribution >= 0.6 is 0 Å². The van der Waals surface area contributed by atoms with Gasteiger partial charge in [0.1, 0.15) is 11.5 Å². The SMILES string of the molecule is CCCN(CCC)C(=O)CCCC(=O)Nc1ccc(F)c(-n2nnnc2C)c1. The lowest BCUT2D eigenvalue weighted by Crippen LogP contribution is -2.32. The Morgan fingerprint density at radius 2 is 1.89 bits per heavy atom. The molecule has 9 heteroatoms. The lowest BCUT2D eigenvalue weighted by molar-refractivity contribution is -0.131. The number of hydrogen-bond donors (Lipinski definition) is 1. The molecule has 0 unspecified atom stereocenters. The van der Waals surface area contributed by atoms with Crippen molar-refractivity contribution in [2.45, 2.75) is 52.9 Å². The first-order chi connectivity index (χ1) is 13.5. The van der Waals surface area contributed by atoms with Crippen molar-refractivity contribution in [1.82, 2.24) is 25.1 Å². The molecule has 0 fully saturated rings. The quantitative estimate of drug-likeness (QED) is 0.673. The molecule has 0 aliphatic heterocycles. The second kappa shape index (κ2) is 10.5. The highest BCUT2D eigenvalue weighted by Crippen LogP contribution is 2.19. The van der Waals surface area contributed by atoms with Crippen molar-refractivity contribution in [2.75, 3.05) is 18.4 Å². The van der Waals surface area contributed by atoms with Gasteiger partial charge in [-0.3, -0.25) is 9.59 Å². The fraction of sp³-hybridized carbons (Fsp3) is 0.526. The van der Waals surface area contributed by atoms with E-state index in [1.165, 1.54) is 22.9 Å². The maximum absolute atomic E-state index is 14.1. The maximum atomic E-state index is 14.1. The van der Waals surface area contributed by atoms with Gasteiger partial charge in [-0.05, 0) is 54.8 Å². The van der Waals surface area contributed by atoms with Crippen molar-refractivity contribution in [3.8, 4) is 5.69 Å². The van der Waals surface area contributed by atoms with Gasteiger partial charge in [0.05, 0.1) is 0 Å². The lowest BCUT2D eigenvalue weighted by atomic mass is 10.2. The van der Waals surface area contributed by atoms with E-state index in [1.807, 2.05) is 18.7 Å². The van der Waals surface area contributed by atoms with Gasteiger partial charge in [0.15, 0.2) is 5.82 Å². The molecule has 0 saturated carbocycles. The number of amides is 2. The maximum Gasteiger partial charge on any atom is 0.224 e. The number of benzene rings is 1. The minimum absolute atomic E-state index is 0.0784. The highest BCUT2D eigenvalue weighted by molar-refractivity contribution is 5.91. The first-order valence-corrected chi connectivity index (χ1v) is 9.58. The number of aromatic nitrogens is 4. The number of nitrogens with one attached hydrogen (secondary N) is 1. The highest BCUT2D eigenvalue weighted by atomic mass is 19.1. The minimum Gasteiger partial charge on any atom is -0.343 e. The Morgan fingerprint density at radius 3 is 2.50 bits per heavy atom. The number of hydrogen-bond acceptors (Lipinski definition) is 5. The summed E-state index contributed by atoms with van der Waals surface area (Å²) < 4.78 is 15.3. The van der Waals surface area contributed by atoms with Crippen LogP contribution in [-0.2, 0) is 9.59 Å². The molecular formula is C19H27FN6O2. The zero-order valence-electron chi connectivity index (χ0n) is 16.6. The number of halogens is 1. The molecule has 1 heterocycles. The Balaban J connectivity index is 1.90. The van der Waals surface area contributed by atoms with E-state index < -0.39 is 5.82 Å². The molecule has 152 valence electrons. The number of rotatable bonds is 10. The van der Waals surface area contributed by atoms with E-state index in [0.717, 1.165) is 25.9 Å². The molecule has 8 nitrogen and oxygen atoms in total. The summed E-state index contributed by atoms with van der Waals surface area (Å²) in [5.74, 6) is -0.207. The zero-order valence-corrected chi connectivity index (χ0v) is 16.6. The Hall–Kier alpha value is -2.84. The summed E-state index contributed by atoms with van der Waals surface area (Å²) >= 11 is 0. The summed E-state index contributed by atoms with van der Waals surface area (Å²) in [7, 11) is 0. The molecule has 1 aromatic heterocycles. The molecule has 0 aliphatic carbocycles. The first kappa shape index (κ1) is 21.5. The Labute approximate surface area is 164 Å². The van der Waals surface area contributed by atoms with E-state index in [9.17, 15) is 14.0 Å². The summed E-state index contributed by atoms with van der Waals surface area (Å²) in [6.45, 7) is 7.22. The fourth-order valence-electron chi connectivity index (χ4n) is 2.89. The molecule has 1 aromatic carbocycles. The largest absolute Gasteiger partial charge is 0.343 e. The third kappa shape index (κ3) is 5.83. The molecule has 0 aliphatic rings. The highest BCUT2D eigenvalue weighted by Gasteiger charge is 2.14. The van der Waals surface area contributed by atoms with Crippen molar-refractivity contribution < 1.29 is 14.0 Å². The standard InChI is InChI=1S/C19H27FN6O2/c1-4-11-25(12-5-2)19(28)8-6-7-18(27)21-15-9-10-16(20)17(13-15)26-14(3)22-23-24-26/h9-10,13H,4-8,11-12H2,1-3H3,(H,21,27). The van der Waals surface area contributed by atoms with Crippen LogP contribution in [0, 0.1) is 12.7 Å². The van der Waals surface area contributed by atoms with Crippen molar-refractivity contribution in [2.24, 2.45) is 0 Å². The average molecular weight is 390 g/mol. The van der Waals surface area contributed by atoms with E-state index in [1.54, 1.807) is 6.92 Å². The fourth-order valence-corrected chi connectivity index (χ4v) is 2.89. The molecule has 28 heavy (non-hydrogen) atoms. The summed E-state index contributed by atoms with van der Waals surface area (Å²) in [4.78, 5) is 26.3. The van der Waals surface area contributed by atoms with Gasteiger partial charge in [0.25, 0.3) is 0 Å². The number of anilines is 1. The van der Waals surface area contributed by atoms with Crippen molar-refractivity contribution in [3.63, 3.8) is 0 Å². The van der Waals surface area contributed by atoms with Crippen LogP contribution in [0.4, 0.5) is 10.1 Å². The van der Waals surface area contributed by atoms with Crippen LogP contribution in [0.5, 0.6) is 0 Å². The van der Waals surface area contributed by atoms with Crippen LogP contribution in [0.2, 0.25) is 0 Å². The van der Waals surface area contributed by atoms with E-state index in [-0.39, 0.29) is 23.9 Å². The summed E-state index contributed by atoms with van der Waals surface area (Å²) in [6, 6.07) is 4.21. The number of nitrogens with zero attached hydrogens (tertiary/aromatic N) is 5. The molecular weight excluding hydrogens is 363 g/mol. The van der Waals surface area contributed by atoms with Crippen LogP contribution in [0.15, 0.2) is 18.2 Å². The molecule has 2 aromatic rings. The van der Waals surface area contributed by atoms with Crippen molar-refractivity contribution in [1.29, 1.82) is 0 Å². The van der Waals surface area contributed by atoms with E-state index in [4.69, 9.17) is 0 Å². The van der Waals surface area contributed by atoms with Crippen LogP contribution in [0.1, 0.15) is 51.8 Å². The van der Waals surface area contributed by atoms with Crippen molar-refractivity contribution >= 4 is 17.5 Å². The zero-order chi connectivity index (χ0) is 20.5. The normalized spacial score (nSPS) is 10.7. The second-order valence-electron chi connectivity index (χ2n) is 6.59. The number of aryl methyl sites for hydroxylation is 1. The molecule has 0 atom stereocenters. The summed E-state index contributed by atoms with van der Waals surface area (Å²) in [6.07, 6.45) is 2.86. The smallest absolute Gasteiger partial charge is 0.224 e. The van der Waals surface area contributed by atoms with Gasteiger partial charge in [0.2, 0.25) is 11.8 Å². The van der Waals surface area contributed by atoms with E-state index in [2.05, 4.69) is 20.8 Å². The minimum atomic E-state index is -0.495. The second-order valence-corrected chi connectivity index (χ2v) is 6.59. The molecule has 0 radical (unpaired) electrons. The third-order valence-electron chi connectivity index (χ3n) is 4.22. The number of carbonyl (C=O) groups excluding carboxylic acids is 2. The van der Waals surface area contributed by atoms with Gasteiger partial charge in [-0.15, -0.1) is 5.10 Å². The molecule has 0 spiro atoms. The van der Waals surface area contributed by atoms with E-state index >= 15 is 0 Å².